The van der Waals surface area contributed by atoms with Crippen molar-refractivity contribution < 1.29 is 19.8 Å². The van der Waals surface area contributed by atoms with Crippen molar-refractivity contribution in [2.75, 3.05) is 13.1 Å². The molecule has 0 aliphatic carbocycles. The molecule has 6 nitrogen and oxygen atoms in total. The molecule has 0 bridgehead atoms. The minimum atomic E-state index is -1.13. The Morgan fingerprint density at radius 1 is 1.15 bits per heavy atom. The number of benzene rings is 1. The summed E-state index contributed by atoms with van der Waals surface area (Å²) >= 11 is 0. The highest BCUT2D eigenvalue weighted by Crippen LogP contribution is 2.13. The molecular weight excluding hydrogens is 260 g/mol. The molecule has 0 aliphatic heterocycles. The average Bonchev–Trinajstić information content (AvgIpc) is 2.35. The molecular formula is C14H18N2O4. The number of hydrogen-bond acceptors (Lipinski definition) is 4. The van der Waals surface area contributed by atoms with Crippen molar-refractivity contribution in [2.45, 2.75) is 19.8 Å². The van der Waals surface area contributed by atoms with Crippen molar-refractivity contribution in [1.29, 1.82) is 0 Å². The molecule has 6 heteroatoms. The van der Waals surface area contributed by atoms with Crippen molar-refractivity contribution in [3.63, 3.8) is 0 Å². The van der Waals surface area contributed by atoms with E-state index in [4.69, 9.17) is 10.2 Å². The first kappa shape index (κ1) is 15.7. The molecule has 0 saturated heterocycles. The van der Waals surface area contributed by atoms with E-state index in [0.717, 1.165) is 10.6 Å². The third kappa shape index (κ3) is 5.51. The van der Waals surface area contributed by atoms with Gasteiger partial charge in [-0.25, -0.2) is 0 Å². The second kappa shape index (κ2) is 7.28. The van der Waals surface area contributed by atoms with Crippen LogP contribution in [0.5, 0.6) is 0 Å². The third-order valence-electron chi connectivity index (χ3n) is 2.61. The Morgan fingerprint density at radius 3 is 2.05 bits per heavy atom. The largest absolute Gasteiger partial charge is 0.480 e. The standard InChI is InChI=1S/C14H18N2O4/c1-10(2)12-5-3-11(4-6-12)7-15-16(8-13(17)18)9-14(19)20/h3-7,10H,8-9H2,1-2H3,(H,17,18)(H,19,20)/b15-7-. The van der Waals surface area contributed by atoms with Gasteiger partial charge in [0.2, 0.25) is 0 Å². The van der Waals surface area contributed by atoms with E-state index in [9.17, 15) is 9.59 Å². The third-order valence-corrected chi connectivity index (χ3v) is 2.61. The molecule has 0 radical (unpaired) electrons. The lowest BCUT2D eigenvalue weighted by molar-refractivity contribution is -0.141. The average molecular weight is 278 g/mol. The number of carboxylic acid groups (broad SMARTS) is 2. The maximum Gasteiger partial charge on any atom is 0.324 e. The van der Waals surface area contributed by atoms with Gasteiger partial charge in [-0.2, -0.15) is 5.10 Å². The van der Waals surface area contributed by atoms with Crippen molar-refractivity contribution in [3.05, 3.63) is 35.4 Å². The minimum absolute atomic E-state index is 0.427. The fourth-order valence-corrected chi connectivity index (χ4v) is 1.57. The smallest absolute Gasteiger partial charge is 0.324 e. The van der Waals surface area contributed by atoms with Crippen molar-refractivity contribution in [3.8, 4) is 0 Å². The number of rotatable bonds is 7. The Bertz CT molecular complexity index is 478. The maximum absolute atomic E-state index is 10.6. The Labute approximate surface area is 117 Å². The molecule has 1 aromatic carbocycles. The summed E-state index contributed by atoms with van der Waals surface area (Å²) in [5.41, 5.74) is 1.98. The second-order valence-electron chi connectivity index (χ2n) is 4.68. The predicted octanol–water partition coefficient (Wildman–Crippen LogP) is 1.62. The van der Waals surface area contributed by atoms with Crippen LogP contribution in [0.1, 0.15) is 30.9 Å². The first-order valence-electron chi connectivity index (χ1n) is 6.21. The number of carboxylic acids is 2. The Morgan fingerprint density at radius 2 is 1.65 bits per heavy atom. The highest BCUT2D eigenvalue weighted by Gasteiger charge is 2.10. The summed E-state index contributed by atoms with van der Waals surface area (Å²) in [7, 11) is 0. The highest BCUT2D eigenvalue weighted by molar-refractivity contribution is 5.80. The first-order valence-corrected chi connectivity index (χ1v) is 6.21. The number of nitrogens with zero attached hydrogens (tertiary/aromatic N) is 2. The molecule has 1 rings (SSSR count). The molecule has 0 spiro atoms. The van der Waals surface area contributed by atoms with Crippen LogP contribution in [0, 0.1) is 0 Å². The van der Waals surface area contributed by atoms with Crippen molar-refractivity contribution >= 4 is 18.2 Å². The molecule has 2 N–H and O–H groups in total. The second-order valence-corrected chi connectivity index (χ2v) is 4.68. The predicted molar refractivity (Wildman–Crippen MR) is 75.0 cm³/mol. The van der Waals surface area contributed by atoms with Crippen LogP contribution < -0.4 is 0 Å². The van der Waals surface area contributed by atoms with Gasteiger partial charge in [-0.05, 0) is 17.0 Å². The van der Waals surface area contributed by atoms with Gasteiger partial charge < -0.3 is 10.2 Å². The van der Waals surface area contributed by atoms with Crippen molar-refractivity contribution in [2.24, 2.45) is 5.10 Å². The van der Waals surface area contributed by atoms with Crippen LogP contribution in [0.3, 0.4) is 0 Å². The quantitative estimate of drug-likeness (QED) is 0.584. The van der Waals surface area contributed by atoms with E-state index in [1.807, 2.05) is 24.3 Å². The van der Waals surface area contributed by atoms with E-state index in [-0.39, 0.29) is 0 Å². The van der Waals surface area contributed by atoms with E-state index >= 15 is 0 Å². The van der Waals surface area contributed by atoms with E-state index in [0.29, 0.717) is 5.92 Å². The number of carbonyl (C=O) groups is 2. The topological polar surface area (TPSA) is 90.2 Å². The summed E-state index contributed by atoms with van der Waals surface area (Å²) in [4.78, 5) is 21.2. The molecule has 0 saturated carbocycles. The van der Waals surface area contributed by atoms with Gasteiger partial charge in [0.15, 0.2) is 0 Å². The summed E-state index contributed by atoms with van der Waals surface area (Å²) in [6.45, 7) is 3.27. The molecule has 0 aromatic heterocycles. The summed E-state index contributed by atoms with van der Waals surface area (Å²) in [5, 5.41) is 22.2. The Hall–Kier alpha value is -2.37. The van der Waals surface area contributed by atoms with Gasteiger partial charge in [0.1, 0.15) is 13.1 Å². The fraction of sp³-hybridized carbons (Fsp3) is 0.357. The summed E-state index contributed by atoms with van der Waals surface area (Å²) in [5.74, 6) is -1.83. The molecule has 0 aliphatic rings. The number of hydrogen-bond donors (Lipinski definition) is 2. The molecule has 1 aromatic rings. The van der Waals surface area contributed by atoms with Gasteiger partial charge in [-0.1, -0.05) is 38.1 Å². The van der Waals surface area contributed by atoms with Gasteiger partial charge in [0.25, 0.3) is 0 Å². The lowest BCUT2D eigenvalue weighted by atomic mass is 10.0. The monoisotopic (exact) mass is 278 g/mol. The molecule has 0 atom stereocenters. The van der Waals surface area contributed by atoms with Crippen LogP contribution in [0.15, 0.2) is 29.4 Å². The zero-order valence-corrected chi connectivity index (χ0v) is 11.5. The van der Waals surface area contributed by atoms with Gasteiger partial charge in [-0.3, -0.25) is 14.6 Å². The van der Waals surface area contributed by atoms with E-state index in [1.165, 1.54) is 11.8 Å². The zero-order valence-electron chi connectivity index (χ0n) is 11.5. The van der Waals surface area contributed by atoms with Gasteiger partial charge in [0, 0.05) is 0 Å². The first-order chi connectivity index (χ1) is 9.38. The van der Waals surface area contributed by atoms with Crippen LogP contribution in [0.4, 0.5) is 0 Å². The number of aliphatic carboxylic acids is 2. The molecule has 108 valence electrons. The Kier molecular flexibility index (Phi) is 5.71. The SMILES string of the molecule is CC(C)c1ccc(/C=N\N(CC(=O)O)CC(=O)O)cc1. The van der Waals surface area contributed by atoms with E-state index < -0.39 is 25.0 Å². The van der Waals surface area contributed by atoms with Gasteiger partial charge in [0.05, 0.1) is 6.21 Å². The molecule has 20 heavy (non-hydrogen) atoms. The fourth-order valence-electron chi connectivity index (χ4n) is 1.57. The molecule has 0 heterocycles. The van der Waals surface area contributed by atoms with Gasteiger partial charge in [-0.15, -0.1) is 0 Å². The molecule has 0 fully saturated rings. The minimum Gasteiger partial charge on any atom is -0.480 e. The van der Waals surface area contributed by atoms with Crippen LogP contribution in [0.25, 0.3) is 0 Å². The molecule has 0 amide bonds. The normalized spacial score (nSPS) is 10.9. The number of hydrazone groups is 1. The van der Waals surface area contributed by atoms with Crippen LogP contribution in [-0.2, 0) is 9.59 Å². The Balaban J connectivity index is 2.75. The highest BCUT2D eigenvalue weighted by atomic mass is 16.4. The van der Waals surface area contributed by atoms with Crippen molar-refractivity contribution in [1.82, 2.24) is 5.01 Å². The zero-order chi connectivity index (χ0) is 15.1. The summed E-state index contributed by atoms with van der Waals surface area (Å²) in [6.07, 6.45) is 1.45. The summed E-state index contributed by atoms with van der Waals surface area (Å²) in [6, 6.07) is 7.65. The van der Waals surface area contributed by atoms with Crippen LogP contribution >= 0.6 is 0 Å². The maximum atomic E-state index is 10.6. The molecule has 0 unspecified atom stereocenters. The lowest BCUT2D eigenvalue weighted by Crippen LogP contribution is -2.30. The van der Waals surface area contributed by atoms with Gasteiger partial charge >= 0.3 is 11.9 Å². The van der Waals surface area contributed by atoms with Crippen LogP contribution in [-0.4, -0.2) is 46.5 Å². The van der Waals surface area contributed by atoms with E-state index in [1.54, 1.807) is 0 Å². The van der Waals surface area contributed by atoms with Crippen LogP contribution in [0.2, 0.25) is 0 Å². The lowest BCUT2D eigenvalue weighted by Gasteiger charge is -2.13. The van der Waals surface area contributed by atoms with E-state index in [2.05, 4.69) is 18.9 Å². The summed E-state index contributed by atoms with van der Waals surface area (Å²) < 4.78 is 0.